The number of hydrogen-bond acceptors (Lipinski definition) is 1. The van der Waals surface area contributed by atoms with Crippen LogP contribution in [0, 0.1) is 11.8 Å². The summed E-state index contributed by atoms with van der Waals surface area (Å²) < 4.78 is 0. The number of benzene rings is 1. The molecule has 0 spiro atoms. The highest BCUT2D eigenvalue weighted by molar-refractivity contribution is 5.75. The third-order valence-electron chi connectivity index (χ3n) is 2.41. The SMILES string of the molecule is CCCCCCC#Cc1cccc(C=O)c1. The Labute approximate surface area is 97.9 Å². The molecule has 0 saturated heterocycles. The molecule has 1 aromatic carbocycles. The number of hydrogen-bond donors (Lipinski definition) is 0. The van der Waals surface area contributed by atoms with Crippen molar-refractivity contribution in [3.8, 4) is 11.8 Å². The fourth-order valence-electron chi connectivity index (χ4n) is 1.49. The van der Waals surface area contributed by atoms with Crippen molar-refractivity contribution >= 4 is 6.29 Å². The molecule has 84 valence electrons. The van der Waals surface area contributed by atoms with Crippen molar-refractivity contribution in [2.75, 3.05) is 0 Å². The first-order valence-electron chi connectivity index (χ1n) is 5.91. The summed E-state index contributed by atoms with van der Waals surface area (Å²) in [5, 5.41) is 0. The Hall–Kier alpha value is -1.55. The maximum atomic E-state index is 10.6. The van der Waals surface area contributed by atoms with Gasteiger partial charge in [0.25, 0.3) is 0 Å². The monoisotopic (exact) mass is 214 g/mol. The molecule has 0 aromatic heterocycles. The van der Waals surface area contributed by atoms with Crippen molar-refractivity contribution < 1.29 is 4.79 Å². The van der Waals surface area contributed by atoms with E-state index in [0.29, 0.717) is 5.56 Å². The van der Waals surface area contributed by atoms with Crippen LogP contribution < -0.4 is 0 Å². The first kappa shape index (κ1) is 12.5. The molecule has 0 amide bonds. The van der Waals surface area contributed by atoms with Gasteiger partial charge in [-0.3, -0.25) is 4.79 Å². The molecule has 0 saturated carbocycles. The lowest BCUT2D eigenvalue weighted by Gasteiger charge is -1.93. The van der Waals surface area contributed by atoms with Crippen LogP contribution in [0.4, 0.5) is 0 Å². The topological polar surface area (TPSA) is 17.1 Å². The smallest absolute Gasteiger partial charge is 0.150 e. The normalized spacial score (nSPS) is 9.31. The Morgan fingerprint density at radius 2 is 2.12 bits per heavy atom. The van der Waals surface area contributed by atoms with Crippen LogP contribution in [-0.2, 0) is 0 Å². The maximum Gasteiger partial charge on any atom is 0.150 e. The van der Waals surface area contributed by atoms with Gasteiger partial charge in [0.1, 0.15) is 6.29 Å². The summed E-state index contributed by atoms with van der Waals surface area (Å²) in [6.45, 7) is 2.20. The molecular formula is C15H18O. The zero-order chi connectivity index (χ0) is 11.6. The van der Waals surface area contributed by atoms with E-state index in [2.05, 4.69) is 18.8 Å². The summed E-state index contributed by atoms with van der Waals surface area (Å²) >= 11 is 0. The van der Waals surface area contributed by atoms with Gasteiger partial charge in [0.15, 0.2) is 0 Å². The van der Waals surface area contributed by atoms with Gasteiger partial charge in [-0.15, -0.1) is 0 Å². The van der Waals surface area contributed by atoms with E-state index in [-0.39, 0.29) is 0 Å². The second kappa shape index (κ2) is 7.70. The molecule has 0 fully saturated rings. The van der Waals surface area contributed by atoms with Crippen LogP contribution in [0.25, 0.3) is 0 Å². The van der Waals surface area contributed by atoms with Crippen LogP contribution in [-0.4, -0.2) is 6.29 Å². The van der Waals surface area contributed by atoms with Crippen LogP contribution in [0.15, 0.2) is 24.3 Å². The lowest BCUT2D eigenvalue weighted by Crippen LogP contribution is -1.81. The molecule has 0 aliphatic rings. The van der Waals surface area contributed by atoms with Crippen LogP contribution >= 0.6 is 0 Å². The zero-order valence-corrected chi connectivity index (χ0v) is 9.83. The Balaban J connectivity index is 2.40. The van der Waals surface area contributed by atoms with Crippen molar-refractivity contribution in [1.82, 2.24) is 0 Å². The second-order valence-corrected chi connectivity index (χ2v) is 3.86. The summed E-state index contributed by atoms with van der Waals surface area (Å²) in [5.74, 6) is 6.23. The van der Waals surface area contributed by atoms with Gasteiger partial charge >= 0.3 is 0 Å². The predicted molar refractivity (Wildman–Crippen MR) is 67.5 cm³/mol. The van der Waals surface area contributed by atoms with E-state index in [9.17, 15) is 4.79 Å². The Morgan fingerprint density at radius 1 is 1.25 bits per heavy atom. The summed E-state index contributed by atoms with van der Waals surface area (Å²) in [6, 6.07) is 7.42. The van der Waals surface area contributed by atoms with E-state index < -0.39 is 0 Å². The Morgan fingerprint density at radius 3 is 2.88 bits per heavy atom. The van der Waals surface area contributed by atoms with E-state index in [1.54, 1.807) is 6.07 Å². The highest BCUT2D eigenvalue weighted by Crippen LogP contribution is 2.03. The molecule has 1 aromatic rings. The van der Waals surface area contributed by atoms with Crippen molar-refractivity contribution in [3.05, 3.63) is 35.4 Å². The zero-order valence-electron chi connectivity index (χ0n) is 9.83. The molecule has 0 aliphatic carbocycles. The molecule has 0 radical (unpaired) electrons. The first-order chi connectivity index (χ1) is 7.86. The average molecular weight is 214 g/mol. The molecular weight excluding hydrogens is 196 g/mol. The molecule has 0 atom stereocenters. The van der Waals surface area contributed by atoms with Crippen LogP contribution in [0.2, 0.25) is 0 Å². The van der Waals surface area contributed by atoms with Gasteiger partial charge in [-0.2, -0.15) is 0 Å². The van der Waals surface area contributed by atoms with Gasteiger partial charge in [0.2, 0.25) is 0 Å². The Kier molecular flexibility index (Phi) is 6.03. The molecule has 0 N–H and O–H groups in total. The quantitative estimate of drug-likeness (QED) is 0.413. The summed E-state index contributed by atoms with van der Waals surface area (Å²) in [6.07, 6.45) is 6.79. The molecule has 0 unspecified atom stereocenters. The summed E-state index contributed by atoms with van der Waals surface area (Å²) in [4.78, 5) is 10.6. The number of carbonyl (C=O) groups excluding carboxylic acids is 1. The predicted octanol–water partition coefficient (Wildman–Crippen LogP) is 3.82. The molecule has 1 rings (SSSR count). The average Bonchev–Trinajstić information content (AvgIpc) is 2.34. The van der Waals surface area contributed by atoms with E-state index in [0.717, 1.165) is 18.3 Å². The molecule has 1 nitrogen and oxygen atoms in total. The fourth-order valence-corrected chi connectivity index (χ4v) is 1.49. The van der Waals surface area contributed by atoms with E-state index in [1.165, 1.54) is 25.7 Å². The summed E-state index contributed by atoms with van der Waals surface area (Å²) in [5.41, 5.74) is 1.62. The second-order valence-electron chi connectivity index (χ2n) is 3.86. The highest BCUT2D eigenvalue weighted by Gasteiger charge is 1.90. The van der Waals surface area contributed by atoms with E-state index in [4.69, 9.17) is 0 Å². The van der Waals surface area contributed by atoms with Gasteiger partial charge in [-0.1, -0.05) is 50.2 Å². The minimum absolute atomic E-state index is 0.692. The molecule has 1 heteroatoms. The third kappa shape index (κ3) is 4.79. The van der Waals surface area contributed by atoms with Gasteiger partial charge in [0.05, 0.1) is 0 Å². The summed E-state index contributed by atoms with van der Waals surface area (Å²) in [7, 11) is 0. The van der Waals surface area contributed by atoms with Crippen molar-refractivity contribution in [3.63, 3.8) is 0 Å². The van der Waals surface area contributed by atoms with Crippen LogP contribution in [0.1, 0.15) is 54.9 Å². The minimum atomic E-state index is 0.692. The van der Waals surface area contributed by atoms with Crippen LogP contribution in [0.5, 0.6) is 0 Å². The van der Waals surface area contributed by atoms with E-state index in [1.807, 2.05) is 18.2 Å². The van der Waals surface area contributed by atoms with Gasteiger partial charge in [-0.25, -0.2) is 0 Å². The fraction of sp³-hybridized carbons (Fsp3) is 0.400. The lowest BCUT2D eigenvalue weighted by atomic mass is 10.1. The lowest BCUT2D eigenvalue weighted by molar-refractivity contribution is 0.112. The van der Waals surface area contributed by atoms with Crippen molar-refractivity contribution in [1.29, 1.82) is 0 Å². The first-order valence-corrected chi connectivity index (χ1v) is 5.91. The van der Waals surface area contributed by atoms with Crippen molar-refractivity contribution in [2.24, 2.45) is 0 Å². The minimum Gasteiger partial charge on any atom is -0.298 e. The largest absolute Gasteiger partial charge is 0.298 e. The Bertz CT molecular complexity index is 382. The maximum absolute atomic E-state index is 10.6. The molecule has 0 bridgehead atoms. The van der Waals surface area contributed by atoms with E-state index >= 15 is 0 Å². The molecule has 0 heterocycles. The number of unbranched alkanes of at least 4 members (excludes halogenated alkanes) is 4. The molecule has 16 heavy (non-hydrogen) atoms. The van der Waals surface area contributed by atoms with Crippen molar-refractivity contribution in [2.45, 2.75) is 39.0 Å². The number of carbonyl (C=O) groups is 1. The number of rotatable bonds is 5. The molecule has 0 aliphatic heterocycles. The van der Waals surface area contributed by atoms with Gasteiger partial charge in [0, 0.05) is 17.5 Å². The van der Waals surface area contributed by atoms with Gasteiger partial charge < -0.3 is 0 Å². The third-order valence-corrected chi connectivity index (χ3v) is 2.41. The number of aldehydes is 1. The standard InChI is InChI=1S/C15H18O/c1-2-3-4-5-6-7-9-14-10-8-11-15(12-14)13-16/h8,10-13H,2-6H2,1H3. The highest BCUT2D eigenvalue weighted by atomic mass is 16.1. The van der Waals surface area contributed by atoms with Gasteiger partial charge in [-0.05, 0) is 18.6 Å². The van der Waals surface area contributed by atoms with Crippen LogP contribution in [0.3, 0.4) is 0 Å².